The molecule has 190 valence electrons. The normalized spacial score (nSPS) is 13.9. The van der Waals surface area contributed by atoms with Crippen LogP contribution in [0.4, 0.5) is 0 Å². The van der Waals surface area contributed by atoms with Crippen molar-refractivity contribution < 1.29 is 43.5 Å². The van der Waals surface area contributed by atoms with Crippen LogP contribution in [0.25, 0.3) is 0 Å². The van der Waals surface area contributed by atoms with Crippen LogP contribution < -0.4 is 44.6 Å². The molecular formula is C17H28N8O9. The molecule has 0 aromatic rings. The molecule has 0 aromatic heterocycles. The van der Waals surface area contributed by atoms with Gasteiger partial charge in [0.15, 0.2) is 0 Å². The number of primary amides is 4. The molecule has 0 radical (unpaired) electrons. The number of carboxylic acid groups (broad SMARTS) is 1. The molecule has 0 aliphatic heterocycles. The molecule has 0 aliphatic rings. The number of carbonyl (C=O) groups is 8. The van der Waals surface area contributed by atoms with Crippen molar-refractivity contribution in [2.75, 3.05) is 0 Å². The Balaban J connectivity index is 5.62. The Hall–Kier alpha value is -4.28. The molecule has 14 N–H and O–H groups in total. The number of nitrogens with one attached hydrogen (secondary N) is 3. The lowest BCUT2D eigenvalue weighted by atomic mass is 10.1. The highest BCUT2D eigenvalue weighted by Crippen LogP contribution is 2.03. The van der Waals surface area contributed by atoms with E-state index in [-0.39, 0.29) is 6.42 Å². The monoisotopic (exact) mass is 488 g/mol. The van der Waals surface area contributed by atoms with Gasteiger partial charge in [0, 0.05) is 6.42 Å². The standard InChI is InChI=1S/C17H28N8O9/c18-6(3-11(20)27)14(30)23-7(1-2-10(19)26)15(31)24-8(4-12(21)28)16(32)25-9(17(33)34)5-13(22)29/h6-9H,1-5,18H2,(H2,19,26)(H2,20,27)(H2,21,28)(H2,22,29)(H,23,30)(H,24,31)(H,25,32)(H,33,34). The summed E-state index contributed by atoms with van der Waals surface area (Å²) in [7, 11) is 0. The Morgan fingerprint density at radius 3 is 1.44 bits per heavy atom. The van der Waals surface area contributed by atoms with Gasteiger partial charge < -0.3 is 49.7 Å². The molecule has 0 saturated heterocycles. The van der Waals surface area contributed by atoms with Crippen molar-refractivity contribution in [1.82, 2.24) is 16.0 Å². The van der Waals surface area contributed by atoms with E-state index in [0.29, 0.717) is 0 Å². The molecular weight excluding hydrogens is 460 g/mol. The topological polar surface area (TPSA) is 323 Å². The van der Waals surface area contributed by atoms with E-state index in [1.807, 2.05) is 5.32 Å². The molecule has 4 unspecified atom stereocenters. The SMILES string of the molecule is NC(=O)CCC(NC(=O)C(N)CC(N)=O)C(=O)NC(CC(N)=O)C(=O)NC(CC(N)=O)C(=O)O. The van der Waals surface area contributed by atoms with Crippen molar-refractivity contribution in [1.29, 1.82) is 0 Å². The average molecular weight is 488 g/mol. The third kappa shape index (κ3) is 11.9. The molecule has 4 atom stereocenters. The molecule has 0 spiro atoms. The minimum absolute atomic E-state index is 0.361. The van der Waals surface area contributed by atoms with Crippen LogP contribution in [0, 0.1) is 0 Å². The summed E-state index contributed by atoms with van der Waals surface area (Å²) in [5.41, 5.74) is 25.5. The quantitative estimate of drug-likeness (QED) is 0.0988. The van der Waals surface area contributed by atoms with Gasteiger partial charge in [-0.3, -0.25) is 33.6 Å². The van der Waals surface area contributed by atoms with E-state index >= 15 is 0 Å². The van der Waals surface area contributed by atoms with Crippen molar-refractivity contribution >= 4 is 47.3 Å². The number of hydrogen-bond donors (Lipinski definition) is 9. The molecule has 17 heteroatoms. The van der Waals surface area contributed by atoms with Gasteiger partial charge in [-0.2, -0.15) is 0 Å². The maximum absolute atomic E-state index is 12.7. The van der Waals surface area contributed by atoms with Crippen molar-refractivity contribution in [2.45, 2.75) is 56.3 Å². The fourth-order valence-electron chi connectivity index (χ4n) is 2.50. The number of hydrogen-bond acceptors (Lipinski definition) is 9. The summed E-state index contributed by atoms with van der Waals surface area (Å²) < 4.78 is 0. The van der Waals surface area contributed by atoms with Crippen molar-refractivity contribution in [3.63, 3.8) is 0 Å². The zero-order chi connectivity index (χ0) is 26.6. The molecule has 0 heterocycles. The Kier molecular flexibility index (Phi) is 12.2. The Labute approximate surface area is 192 Å². The zero-order valence-corrected chi connectivity index (χ0v) is 17.9. The lowest BCUT2D eigenvalue weighted by Gasteiger charge is -2.24. The van der Waals surface area contributed by atoms with Crippen LogP contribution in [0.15, 0.2) is 0 Å². The average Bonchev–Trinajstić information content (AvgIpc) is 2.68. The fraction of sp³-hybridized carbons (Fsp3) is 0.529. The van der Waals surface area contributed by atoms with E-state index in [4.69, 9.17) is 33.8 Å². The zero-order valence-electron chi connectivity index (χ0n) is 17.9. The number of rotatable bonds is 16. The summed E-state index contributed by atoms with van der Waals surface area (Å²) in [6.07, 6.45) is -2.89. The highest BCUT2D eigenvalue weighted by molar-refractivity contribution is 5.97. The van der Waals surface area contributed by atoms with Crippen LogP contribution >= 0.6 is 0 Å². The predicted molar refractivity (Wildman–Crippen MR) is 111 cm³/mol. The Morgan fingerprint density at radius 1 is 0.588 bits per heavy atom. The maximum atomic E-state index is 12.7. The smallest absolute Gasteiger partial charge is 0.326 e. The molecule has 0 aromatic carbocycles. The second-order valence-corrected chi connectivity index (χ2v) is 7.14. The van der Waals surface area contributed by atoms with Gasteiger partial charge in [0.05, 0.1) is 25.3 Å². The van der Waals surface area contributed by atoms with Gasteiger partial charge in [-0.1, -0.05) is 0 Å². The highest BCUT2D eigenvalue weighted by atomic mass is 16.4. The summed E-state index contributed by atoms with van der Waals surface area (Å²) in [4.78, 5) is 93.0. The van der Waals surface area contributed by atoms with Gasteiger partial charge in [-0.25, -0.2) is 4.79 Å². The molecule has 0 saturated carbocycles. The first-order valence-corrected chi connectivity index (χ1v) is 9.66. The largest absolute Gasteiger partial charge is 0.480 e. The summed E-state index contributed by atoms with van der Waals surface area (Å²) >= 11 is 0. The Morgan fingerprint density at radius 2 is 1.00 bits per heavy atom. The lowest BCUT2D eigenvalue weighted by Crippen LogP contribution is -2.58. The minimum Gasteiger partial charge on any atom is -0.480 e. The van der Waals surface area contributed by atoms with E-state index in [2.05, 4.69) is 10.6 Å². The van der Waals surface area contributed by atoms with Gasteiger partial charge in [0.25, 0.3) is 0 Å². The van der Waals surface area contributed by atoms with Gasteiger partial charge in [-0.05, 0) is 6.42 Å². The lowest BCUT2D eigenvalue weighted by molar-refractivity contribution is -0.144. The third-order valence-electron chi connectivity index (χ3n) is 4.13. The predicted octanol–water partition coefficient (Wildman–Crippen LogP) is -6.26. The van der Waals surface area contributed by atoms with Crippen LogP contribution in [-0.4, -0.2) is 76.6 Å². The van der Waals surface area contributed by atoms with Crippen LogP contribution in [0.2, 0.25) is 0 Å². The first kappa shape index (κ1) is 29.7. The molecule has 0 bridgehead atoms. The summed E-state index contributed by atoms with van der Waals surface area (Å²) in [6, 6.07) is -6.44. The highest BCUT2D eigenvalue weighted by Gasteiger charge is 2.32. The summed E-state index contributed by atoms with van der Waals surface area (Å²) in [6.45, 7) is 0. The van der Waals surface area contributed by atoms with E-state index in [0.717, 1.165) is 0 Å². The van der Waals surface area contributed by atoms with Gasteiger partial charge in [-0.15, -0.1) is 0 Å². The summed E-state index contributed by atoms with van der Waals surface area (Å²) in [5, 5.41) is 15.3. The van der Waals surface area contributed by atoms with Gasteiger partial charge >= 0.3 is 5.97 Å². The van der Waals surface area contributed by atoms with Crippen molar-refractivity contribution in [3.8, 4) is 0 Å². The second kappa shape index (κ2) is 14.0. The van der Waals surface area contributed by atoms with Gasteiger partial charge in [0.2, 0.25) is 41.4 Å². The summed E-state index contributed by atoms with van der Waals surface area (Å²) in [5.74, 6) is -8.76. The van der Waals surface area contributed by atoms with Crippen molar-refractivity contribution in [3.05, 3.63) is 0 Å². The van der Waals surface area contributed by atoms with Crippen LogP contribution in [0.5, 0.6) is 0 Å². The number of carboxylic acids is 1. The first-order valence-electron chi connectivity index (χ1n) is 9.66. The molecule has 7 amide bonds. The Bertz CT molecular complexity index is 847. The number of amides is 7. The fourth-order valence-corrected chi connectivity index (χ4v) is 2.50. The maximum Gasteiger partial charge on any atom is 0.326 e. The number of carbonyl (C=O) groups excluding carboxylic acids is 7. The van der Waals surface area contributed by atoms with Crippen LogP contribution in [0.1, 0.15) is 32.1 Å². The number of aliphatic carboxylic acids is 1. The van der Waals surface area contributed by atoms with Crippen LogP contribution in [-0.2, 0) is 38.4 Å². The molecule has 34 heavy (non-hydrogen) atoms. The molecule has 0 aliphatic carbocycles. The molecule has 0 rings (SSSR count). The third-order valence-corrected chi connectivity index (χ3v) is 4.13. The van der Waals surface area contributed by atoms with E-state index in [1.54, 1.807) is 0 Å². The number of nitrogens with two attached hydrogens (primary N) is 5. The van der Waals surface area contributed by atoms with Crippen molar-refractivity contribution in [2.24, 2.45) is 28.7 Å². The van der Waals surface area contributed by atoms with Crippen LogP contribution in [0.3, 0.4) is 0 Å². The second-order valence-electron chi connectivity index (χ2n) is 7.14. The van der Waals surface area contributed by atoms with E-state index in [1.165, 1.54) is 0 Å². The molecule has 17 nitrogen and oxygen atoms in total. The van der Waals surface area contributed by atoms with Gasteiger partial charge in [0.1, 0.15) is 18.1 Å². The van der Waals surface area contributed by atoms with E-state index < -0.39 is 97.2 Å². The van der Waals surface area contributed by atoms with E-state index in [9.17, 15) is 38.4 Å². The molecule has 0 fully saturated rings. The first-order chi connectivity index (χ1) is 15.6. The minimum atomic E-state index is -1.77.